The van der Waals surface area contributed by atoms with Crippen molar-refractivity contribution in [3.05, 3.63) is 42.5 Å². The van der Waals surface area contributed by atoms with E-state index in [1.807, 2.05) is 12.1 Å². The van der Waals surface area contributed by atoms with Crippen LogP contribution in [0.3, 0.4) is 0 Å². The topological polar surface area (TPSA) is 67.9 Å². The van der Waals surface area contributed by atoms with E-state index < -0.39 is 10.0 Å². The highest BCUT2D eigenvalue weighted by Gasteiger charge is 2.18. The number of sulfonamides is 1. The predicted molar refractivity (Wildman–Crippen MR) is 103 cm³/mol. The van der Waals surface area contributed by atoms with E-state index in [2.05, 4.69) is 9.62 Å². The molecule has 0 aliphatic carbocycles. The van der Waals surface area contributed by atoms with E-state index in [1.54, 1.807) is 18.2 Å². The molecule has 0 aromatic heterocycles. The van der Waals surface area contributed by atoms with E-state index in [0.717, 1.165) is 18.8 Å². The molecule has 1 aliphatic rings. The van der Waals surface area contributed by atoms with Gasteiger partial charge >= 0.3 is 0 Å². The Balaban J connectivity index is 1.76. The van der Waals surface area contributed by atoms with Gasteiger partial charge in [-0.25, -0.2) is 8.42 Å². The third-order valence-electron chi connectivity index (χ3n) is 4.51. The van der Waals surface area contributed by atoms with Crippen LogP contribution in [0.15, 0.2) is 47.4 Å². The second kappa shape index (κ2) is 7.86. The van der Waals surface area contributed by atoms with Crippen molar-refractivity contribution in [1.29, 1.82) is 0 Å². The fraction of sp³-hybridized carbons (Fsp3) is 0.368. The lowest BCUT2D eigenvalue weighted by Gasteiger charge is -2.28. The van der Waals surface area contributed by atoms with Gasteiger partial charge in [0.25, 0.3) is 10.0 Å². The molecule has 0 radical (unpaired) electrons. The molecule has 2 aromatic carbocycles. The minimum atomic E-state index is -3.71. The maximum Gasteiger partial charge on any atom is 0.262 e. The minimum absolute atomic E-state index is 0.121. The number of hydrogen-bond donors (Lipinski definition) is 1. The molecule has 0 unspecified atom stereocenters. The molecule has 1 aliphatic heterocycles. The summed E-state index contributed by atoms with van der Waals surface area (Å²) in [7, 11) is -0.726. The number of ether oxygens (including phenoxy) is 2. The van der Waals surface area contributed by atoms with Gasteiger partial charge < -0.3 is 14.4 Å². The second-order valence-electron chi connectivity index (χ2n) is 6.22. The largest absolute Gasteiger partial charge is 0.493 e. The van der Waals surface area contributed by atoms with Crippen LogP contribution in [0, 0.1) is 0 Å². The summed E-state index contributed by atoms with van der Waals surface area (Å²) < 4.78 is 38.2. The van der Waals surface area contributed by atoms with Gasteiger partial charge in [0.2, 0.25) is 0 Å². The predicted octanol–water partition coefficient (Wildman–Crippen LogP) is 3.49. The van der Waals surface area contributed by atoms with Crippen LogP contribution in [0.1, 0.15) is 19.3 Å². The van der Waals surface area contributed by atoms with Gasteiger partial charge in [-0.2, -0.15) is 0 Å². The first kappa shape index (κ1) is 18.4. The SMILES string of the molecule is COc1ccc(S(=O)(=O)Nc2ccc(N3CCCCC3)cc2)cc1OC. The molecule has 26 heavy (non-hydrogen) atoms. The Morgan fingerprint density at radius 2 is 1.54 bits per heavy atom. The molecule has 1 N–H and O–H groups in total. The second-order valence-corrected chi connectivity index (χ2v) is 7.90. The number of nitrogens with one attached hydrogen (secondary N) is 1. The van der Waals surface area contributed by atoms with Gasteiger partial charge in [-0.15, -0.1) is 0 Å². The van der Waals surface area contributed by atoms with Crippen molar-refractivity contribution in [2.24, 2.45) is 0 Å². The Labute approximate surface area is 154 Å². The summed E-state index contributed by atoms with van der Waals surface area (Å²) in [4.78, 5) is 2.45. The summed E-state index contributed by atoms with van der Waals surface area (Å²) in [6, 6.07) is 12.0. The molecule has 6 nitrogen and oxygen atoms in total. The lowest BCUT2D eigenvalue weighted by atomic mass is 10.1. The van der Waals surface area contributed by atoms with Gasteiger partial charge in [-0.05, 0) is 55.7 Å². The van der Waals surface area contributed by atoms with Gasteiger partial charge in [0, 0.05) is 30.5 Å². The monoisotopic (exact) mass is 376 g/mol. The molecule has 1 heterocycles. The van der Waals surface area contributed by atoms with Crippen molar-refractivity contribution in [3.8, 4) is 11.5 Å². The summed E-state index contributed by atoms with van der Waals surface area (Å²) in [6.45, 7) is 2.10. The standard InChI is InChI=1S/C19H24N2O4S/c1-24-18-11-10-17(14-19(18)25-2)26(22,23)20-15-6-8-16(9-7-15)21-12-4-3-5-13-21/h6-11,14,20H,3-5,12-13H2,1-2H3. The summed E-state index contributed by atoms with van der Waals surface area (Å²) in [5.41, 5.74) is 1.65. The normalized spacial score (nSPS) is 14.8. The Bertz CT molecular complexity index is 844. The van der Waals surface area contributed by atoms with Crippen LogP contribution < -0.4 is 19.1 Å². The Morgan fingerprint density at radius 3 is 2.15 bits per heavy atom. The van der Waals surface area contributed by atoms with Crippen LogP contribution in [0.2, 0.25) is 0 Å². The van der Waals surface area contributed by atoms with Crippen LogP contribution in [0.4, 0.5) is 11.4 Å². The van der Waals surface area contributed by atoms with Crippen molar-refractivity contribution < 1.29 is 17.9 Å². The quantitative estimate of drug-likeness (QED) is 0.836. The zero-order valence-electron chi connectivity index (χ0n) is 15.1. The summed E-state index contributed by atoms with van der Waals surface area (Å²) >= 11 is 0. The van der Waals surface area contributed by atoms with Crippen LogP contribution in [0.25, 0.3) is 0 Å². The molecule has 2 aromatic rings. The van der Waals surface area contributed by atoms with Gasteiger partial charge in [0.15, 0.2) is 11.5 Å². The highest BCUT2D eigenvalue weighted by atomic mass is 32.2. The fourth-order valence-electron chi connectivity index (χ4n) is 3.09. The zero-order valence-corrected chi connectivity index (χ0v) is 15.9. The first-order valence-corrected chi connectivity index (χ1v) is 10.1. The summed E-state index contributed by atoms with van der Waals surface area (Å²) in [5.74, 6) is 0.855. The maximum atomic E-state index is 12.6. The molecule has 0 saturated carbocycles. The van der Waals surface area contributed by atoms with Gasteiger partial charge in [0.05, 0.1) is 19.1 Å². The van der Waals surface area contributed by atoms with Crippen molar-refractivity contribution in [2.75, 3.05) is 36.9 Å². The number of methoxy groups -OCH3 is 2. The van der Waals surface area contributed by atoms with E-state index in [9.17, 15) is 8.42 Å². The van der Waals surface area contributed by atoms with Crippen LogP contribution in [-0.4, -0.2) is 35.7 Å². The summed E-state index contributed by atoms with van der Waals surface area (Å²) in [6.07, 6.45) is 3.68. The first-order valence-electron chi connectivity index (χ1n) is 8.63. The van der Waals surface area contributed by atoms with Crippen LogP contribution in [-0.2, 0) is 10.0 Å². The molecule has 1 saturated heterocycles. The van der Waals surface area contributed by atoms with Crippen molar-refractivity contribution in [2.45, 2.75) is 24.2 Å². The van der Waals surface area contributed by atoms with E-state index in [1.165, 1.54) is 45.6 Å². The first-order chi connectivity index (χ1) is 12.5. The maximum absolute atomic E-state index is 12.6. The average Bonchev–Trinajstić information content (AvgIpc) is 2.68. The molecule has 0 spiro atoms. The number of piperidine rings is 1. The van der Waals surface area contributed by atoms with Gasteiger partial charge in [-0.3, -0.25) is 4.72 Å². The smallest absolute Gasteiger partial charge is 0.262 e. The number of nitrogens with zero attached hydrogens (tertiary/aromatic N) is 1. The van der Waals surface area contributed by atoms with Crippen LogP contribution >= 0.6 is 0 Å². The molecule has 0 amide bonds. The fourth-order valence-corrected chi connectivity index (χ4v) is 4.16. The average molecular weight is 376 g/mol. The Kier molecular flexibility index (Phi) is 5.56. The molecular weight excluding hydrogens is 352 g/mol. The zero-order chi connectivity index (χ0) is 18.6. The van der Waals surface area contributed by atoms with E-state index >= 15 is 0 Å². The molecule has 7 heteroatoms. The Morgan fingerprint density at radius 1 is 0.885 bits per heavy atom. The summed E-state index contributed by atoms with van der Waals surface area (Å²) in [5, 5.41) is 0. The molecule has 0 atom stereocenters. The highest BCUT2D eigenvalue weighted by Crippen LogP contribution is 2.30. The Hall–Kier alpha value is -2.41. The number of anilines is 2. The molecule has 140 valence electrons. The minimum Gasteiger partial charge on any atom is -0.493 e. The molecule has 1 fully saturated rings. The van der Waals surface area contributed by atoms with E-state index in [4.69, 9.17) is 9.47 Å². The van der Waals surface area contributed by atoms with Crippen molar-refractivity contribution in [3.63, 3.8) is 0 Å². The third kappa shape index (κ3) is 4.04. The lowest BCUT2D eigenvalue weighted by Crippen LogP contribution is -2.29. The highest BCUT2D eigenvalue weighted by molar-refractivity contribution is 7.92. The van der Waals surface area contributed by atoms with Gasteiger partial charge in [0.1, 0.15) is 0 Å². The van der Waals surface area contributed by atoms with Crippen molar-refractivity contribution in [1.82, 2.24) is 0 Å². The lowest BCUT2D eigenvalue weighted by molar-refractivity contribution is 0.354. The molecular formula is C19H24N2O4S. The number of benzene rings is 2. The molecule has 3 rings (SSSR count). The third-order valence-corrected chi connectivity index (χ3v) is 5.89. The number of rotatable bonds is 6. The number of hydrogen-bond acceptors (Lipinski definition) is 5. The molecule has 0 bridgehead atoms. The van der Waals surface area contributed by atoms with E-state index in [-0.39, 0.29) is 4.90 Å². The van der Waals surface area contributed by atoms with Gasteiger partial charge in [-0.1, -0.05) is 0 Å². The van der Waals surface area contributed by atoms with E-state index in [0.29, 0.717) is 17.2 Å². The van der Waals surface area contributed by atoms with Crippen molar-refractivity contribution >= 4 is 21.4 Å². The van der Waals surface area contributed by atoms with Crippen LogP contribution in [0.5, 0.6) is 11.5 Å².